The monoisotopic (exact) mass is 247 g/mol. The summed E-state index contributed by atoms with van der Waals surface area (Å²) in [6.45, 7) is 0. The number of carbonyl (C=O) groups is 1. The van der Waals surface area contributed by atoms with Crippen molar-refractivity contribution in [2.24, 2.45) is 0 Å². The van der Waals surface area contributed by atoms with Crippen LogP contribution in [0.3, 0.4) is 0 Å². The van der Waals surface area contributed by atoms with Gasteiger partial charge in [-0.15, -0.1) is 0 Å². The highest BCUT2D eigenvalue weighted by molar-refractivity contribution is 6.00. The summed E-state index contributed by atoms with van der Waals surface area (Å²) in [6.07, 6.45) is -4.14. The van der Waals surface area contributed by atoms with Crippen molar-refractivity contribution in [3.05, 3.63) is 42.0 Å². The molecule has 1 rings (SSSR count). The molecule has 92 valence electrons. The van der Waals surface area contributed by atoms with Crippen LogP contribution in [0.1, 0.15) is 5.56 Å². The number of benzene rings is 1. The highest BCUT2D eigenvalue weighted by Crippen LogP contribution is 2.25. The van der Waals surface area contributed by atoms with Crippen LogP contribution < -0.4 is 5.11 Å². The SMILES string of the molecule is O=C(/C=C(/[O-])c1ccccc1)C(F)(F)C(F)F. The Bertz CT molecular complexity index is 426. The van der Waals surface area contributed by atoms with E-state index >= 15 is 0 Å². The molecule has 0 radical (unpaired) electrons. The van der Waals surface area contributed by atoms with E-state index in [1.165, 1.54) is 24.3 Å². The van der Waals surface area contributed by atoms with Gasteiger partial charge in [-0.2, -0.15) is 8.78 Å². The Morgan fingerprint density at radius 3 is 2.24 bits per heavy atom. The van der Waals surface area contributed by atoms with Gasteiger partial charge in [-0.1, -0.05) is 36.1 Å². The number of allylic oxidation sites excluding steroid dienone is 1. The first kappa shape index (κ1) is 13.2. The Morgan fingerprint density at radius 1 is 1.24 bits per heavy atom. The second-order valence-corrected chi connectivity index (χ2v) is 3.16. The molecule has 0 spiro atoms. The fourth-order valence-electron chi connectivity index (χ4n) is 1.01. The smallest absolute Gasteiger partial charge is 0.368 e. The standard InChI is InChI=1S/C11H8F4O2/c12-10(13)11(14,15)9(17)6-8(16)7-4-2-1-3-5-7/h1-6,10,16H/p-1/b8-6+. The minimum Gasteiger partial charge on any atom is -0.872 e. The predicted octanol–water partition coefficient (Wildman–Crippen LogP) is 1.86. The van der Waals surface area contributed by atoms with E-state index in [0.717, 1.165) is 0 Å². The third-order valence-electron chi connectivity index (χ3n) is 1.92. The van der Waals surface area contributed by atoms with Crippen molar-refractivity contribution in [3.63, 3.8) is 0 Å². The van der Waals surface area contributed by atoms with Crippen molar-refractivity contribution in [3.8, 4) is 0 Å². The van der Waals surface area contributed by atoms with Gasteiger partial charge in [0, 0.05) is 0 Å². The maximum absolute atomic E-state index is 12.5. The molecule has 1 aromatic carbocycles. The van der Waals surface area contributed by atoms with E-state index in [-0.39, 0.29) is 11.6 Å². The number of hydrogen-bond acceptors (Lipinski definition) is 2. The number of carbonyl (C=O) groups excluding carboxylic acids is 1. The molecule has 0 saturated carbocycles. The zero-order chi connectivity index (χ0) is 13.1. The van der Waals surface area contributed by atoms with E-state index < -0.39 is 23.9 Å². The third kappa shape index (κ3) is 3.05. The van der Waals surface area contributed by atoms with Gasteiger partial charge in [0.2, 0.25) is 5.78 Å². The van der Waals surface area contributed by atoms with E-state index in [1.54, 1.807) is 6.07 Å². The summed E-state index contributed by atoms with van der Waals surface area (Å²) in [7, 11) is 0. The predicted molar refractivity (Wildman–Crippen MR) is 50.4 cm³/mol. The maximum Gasteiger partial charge on any atom is 0.368 e. The molecule has 0 saturated heterocycles. The summed E-state index contributed by atoms with van der Waals surface area (Å²) < 4.78 is 48.7. The summed E-state index contributed by atoms with van der Waals surface area (Å²) >= 11 is 0. The molecule has 0 fully saturated rings. The molecule has 0 aliphatic rings. The Hall–Kier alpha value is -1.85. The Labute approximate surface area is 94.2 Å². The number of ketones is 1. The molecule has 6 heteroatoms. The lowest BCUT2D eigenvalue weighted by Gasteiger charge is -2.15. The molecule has 0 N–H and O–H groups in total. The Balaban J connectivity index is 2.94. The van der Waals surface area contributed by atoms with E-state index in [0.29, 0.717) is 0 Å². The molecule has 0 atom stereocenters. The van der Waals surface area contributed by atoms with Gasteiger partial charge in [0.05, 0.1) is 0 Å². The molecule has 0 aliphatic carbocycles. The second-order valence-electron chi connectivity index (χ2n) is 3.16. The number of hydrogen-bond donors (Lipinski definition) is 0. The van der Waals surface area contributed by atoms with Gasteiger partial charge in [-0.3, -0.25) is 4.79 Å². The molecule has 0 heterocycles. The minimum atomic E-state index is -4.83. The average molecular weight is 247 g/mol. The van der Waals surface area contributed by atoms with E-state index in [9.17, 15) is 27.5 Å². The van der Waals surface area contributed by atoms with Crippen molar-refractivity contribution in [1.29, 1.82) is 0 Å². The molecule has 0 amide bonds. The van der Waals surface area contributed by atoms with E-state index in [4.69, 9.17) is 0 Å². The number of rotatable bonds is 4. The molecule has 17 heavy (non-hydrogen) atoms. The van der Waals surface area contributed by atoms with Gasteiger partial charge in [0.25, 0.3) is 0 Å². The molecule has 2 nitrogen and oxygen atoms in total. The molecule has 1 aromatic rings. The van der Waals surface area contributed by atoms with Crippen LogP contribution in [0.25, 0.3) is 5.76 Å². The van der Waals surface area contributed by atoms with Crippen molar-refractivity contribution < 1.29 is 27.5 Å². The lowest BCUT2D eigenvalue weighted by Crippen LogP contribution is -2.35. The second kappa shape index (κ2) is 4.99. The highest BCUT2D eigenvalue weighted by atomic mass is 19.3. The van der Waals surface area contributed by atoms with E-state index in [2.05, 4.69) is 0 Å². The quantitative estimate of drug-likeness (QED) is 0.463. The van der Waals surface area contributed by atoms with Crippen molar-refractivity contribution in [2.45, 2.75) is 12.3 Å². The lowest BCUT2D eigenvalue weighted by atomic mass is 10.1. The maximum atomic E-state index is 12.5. The van der Waals surface area contributed by atoms with Crippen LogP contribution in [0.15, 0.2) is 36.4 Å². The molecule has 0 bridgehead atoms. The van der Waals surface area contributed by atoms with Gasteiger partial charge in [-0.25, -0.2) is 8.78 Å². The minimum absolute atomic E-state index is 0.0124. The van der Waals surface area contributed by atoms with Crippen molar-refractivity contribution in [1.82, 2.24) is 0 Å². The van der Waals surface area contributed by atoms with Crippen LogP contribution in [0.4, 0.5) is 17.6 Å². The molecule has 0 aliphatic heterocycles. The van der Waals surface area contributed by atoms with Crippen LogP contribution in [-0.4, -0.2) is 18.1 Å². The van der Waals surface area contributed by atoms with Gasteiger partial charge in [0.1, 0.15) is 0 Å². The normalized spacial score (nSPS) is 12.9. The average Bonchev–Trinajstić information content (AvgIpc) is 2.29. The fraction of sp³-hybridized carbons (Fsp3) is 0.182. The van der Waals surface area contributed by atoms with Crippen LogP contribution in [0.5, 0.6) is 0 Å². The molecular formula is C11H7F4O2-. The first-order valence-corrected chi connectivity index (χ1v) is 4.50. The van der Waals surface area contributed by atoms with Gasteiger partial charge in [-0.05, 0) is 11.6 Å². The van der Waals surface area contributed by atoms with Crippen molar-refractivity contribution in [2.75, 3.05) is 0 Å². The fourth-order valence-corrected chi connectivity index (χ4v) is 1.01. The zero-order valence-corrected chi connectivity index (χ0v) is 8.37. The Kier molecular flexibility index (Phi) is 3.88. The summed E-state index contributed by atoms with van der Waals surface area (Å²) in [5, 5.41) is 11.3. The lowest BCUT2D eigenvalue weighted by molar-refractivity contribution is -0.244. The molecule has 0 unspecified atom stereocenters. The highest BCUT2D eigenvalue weighted by Gasteiger charge is 2.47. The first-order valence-electron chi connectivity index (χ1n) is 4.50. The summed E-state index contributed by atoms with van der Waals surface area (Å²) in [5.74, 6) is -8.05. The molecule has 0 aromatic heterocycles. The topological polar surface area (TPSA) is 40.1 Å². The zero-order valence-electron chi connectivity index (χ0n) is 8.37. The van der Waals surface area contributed by atoms with Crippen LogP contribution >= 0.6 is 0 Å². The summed E-state index contributed by atoms with van der Waals surface area (Å²) in [5.41, 5.74) is -0.0223. The van der Waals surface area contributed by atoms with Gasteiger partial charge in [0.15, 0.2) is 0 Å². The van der Waals surface area contributed by atoms with Gasteiger partial charge < -0.3 is 5.11 Å². The van der Waals surface area contributed by atoms with Crippen LogP contribution in [0, 0.1) is 0 Å². The Morgan fingerprint density at radius 2 is 1.76 bits per heavy atom. The van der Waals surface area contributed by atoms with Gasteiger partial charge >= 0.3 is 12.3 Å². The van der Waals surface area contributed by atoms with E-state index in [1.807, 2.05) is 0 Å². The number of alkyl halides is 4. The third-order valence-corrected chi connectivity index (χ3v) is 1.92. The molecular weight excluding hydrogens is 240 g/mol. The van der Waals surface area contributed by atoms with Crippen LogP contribution in [-0.2, 0) is 4.79 Å². The number of halogens is 4. The first-order chi connectivity index (χ1) is 7.85. The van der Waals surface area contributed by atoms with Crippen LogP contribution in [0.2, 0.25) is 0 Å². The summed E-state index contributed by atoms with van der Waals surface area (Å²) in [6, 6.07) is 7.05. The largest absolute Gasteiger partial charge is 0.872 e. The van der Waals surface area contributed by atoms with Crippen molar-refractivity contribution >= 4 is 11.5 Å². The summed E-state index contributed by atoms with van der Waals surface area (Å²) in [4.78, 5) is 10.8.